The first-order valence-corrected chi connectivity index (χ1v) is 8.32. The van der Waals surface area contributed by atoms with Crippen molar-refractivity contribution in [1.29, 1.82) is 0 Å². The van der Waals surface area contributed by atoms with Gasteiger partial charge in [-0.05, 0) is 24.6 Å². The van der Waals surface area contributed by atoms with Gasteiger partial charge in [0.1, 0.15) is 5.75 Å². The van der Waals surface area contributed by atoms with E-state index in [1.165, 1.54) is 11.8 Å². The monoisotopic (exact) mass is 348 g/mol. The molecule has 9 heteroatoms. The molecular formula is C15H20N6O2S. The predicted molar refractivity (Wildman–Crippen MR) is 93.5 cm³/mol. The van der Waals surface area contributed by atoms with Crippen molar-refractivity contribution < 1.29 is 9.53 Å². The number of carbonyl (C=O) groups excluding carboxylic acids is 1. The van der Waals surface area contributed by atoms with Crippen molar-refractivity contribution in [2.45, 2.75) is 18.6 Å². The first kappa shape index (κ1) is 17.8. The lowest BCUT2D eigenvalue weighted by atomic mass is 10.2. The zero-order valence-electron chi connectivity index (χ0n) is 13.6. The maximum absolute atomic E-state index is 12.2. The number of hydrogen-bond donors (Lipinski definition) is 2. The van der Waals surface area contributed by atoms with E-state index in [-0.39, 0.29) is 23.6 Å². The molecule has 1 amide bonds. The number of anilines is 2. The molecule has 0 aliphatic carbocycles. The van der Waals surface area contributed by atoms with Crippen molar-refractivity contribution in [3.05, 3.63) is 29.8 Å². The van der Waals surface area contributed by atoms with E-state index in [1.54, 1.807) is 11.9 Å². The Labute approximate surface area is 144 Å². The largest absolute Gasteiger partial charge is 0.494 e. The number of thioether (sulfide) groups is 1. The summed E-state index contributed by atoms with van der Waals surface area (Å²) in [5.41, 5.74) is 12.0. The van der Waals surface area contributed by atoms with Crippen molar-refractivity contribution >= 4 is 29.6 Å². The fourth-order valence-electron chi connectivity index (χ4n) is 1.91. The maximum Gasteiger partial charge on any atom is 0.233 e. The van der Waals surface area contributed by atoms with Gasteiger partial charge in [-0.1, -0.05) is 23.9 Å². The van der Waals surface area contributed by atoms with Crippen LogP contribution in [-0.2, 0) is 11.3 Å². The van der Waals surface area contributed by atoms with E-state index in [4.69, 9.17) is 16.2 Å². The number of nitrogen functional groups attached to an aromatic ring is 2. The van der Waals surface area contributed by atoms with Gasteiger partial charge < -0.3 is 21.1 Å². The average molecular weight is 348 g/mol. The number of benzene rings is 1. The molecule has 0 radical (unpaired) electrons. The maximum atomic E-state index is 12.2. The fraction of sp³-hybridized carbons (Fsp3) is 0.333. The summed E-state index contributed by atoms with van der Waals surface area (Å²) in [7, 11) is 1.75. The highest BCUT2D eigenvalue weighted by Crippen LogP contribution is 2.16. The van der Waals surface area contributed by atoms with Crippen LogP contribution < -0.4 is 16.2 Å². The van der Waals surface area contributed by atoms with Crippen LogP contribution in [0.2, 0.25) is 0 Å². The smallest absolute Gasteiger partial charge is 0.233 e. The van der Waals surface area contributed by atoms with Crippen molar-refractivity contribution in [2.24, 2.45) is 0 Å². The number of carbonyl (C=O) groups is 1. The molecule has 2 aromatic rings. The molecule has 0 unspecified atom stereocenters. The van der Waals surface area contributed by atoms with Crippen molar-refractivity contribution in [1.82, 2.24) is 19.9 Å². The fourth-order valence-corrected chi connectivity index (χ4v) is 2.70. The van der Waals surface area contributed by atoms with Crippen LogP contribution in [0.3, 0.4) is 0 Å². The molecule has 0 fully saturated rings. The van der Waals surface area contributed by atoms with Gasteiger partial charge in [-0.15, -0.1) is 0 Å². The Bertz CT molecular complexity index is 675. The number of nitrogens with two attached hydrogens (primary N) is 2. The van der Waals surface area contributed by atoms with Crippen LogP contribution in [0.5, 0.6) is 5.75 Å². The van der Waals surface area contributed by atoms with Crippen LogP contribution in [0.15, 0.2) is 29.4 Å². The number of hydrogen-bond acceptors (Lipinski definition) is 8. The lowest BCUT2D eigenvalue weighted by molar-refractivity contribution is -0.127. The van der Waals surface area contributed by atoms with E-state index in [9.17, 15) is 4.79 Å². The van der Waals surface area contributed by atoms with Gasteiger partial charge >= 0.3 is 0 Å². The molecule has 0 saturated heterocycles. The van der Waals surface area contributed by atoms with Crippen LogP contribution in [0.25, 0.3) is 0 Å². The zero-order valence-corrected chi connectivity index (χ0v) is 14.4. The van der Waals surface area contributed by atoms with Gasteiger partial charge in [0.25, 0.3) is 0 Å². The summed E-state index contributed by atoms with van der Waals surface area (Å²) in [5.74, 6) is 1.04. The minimum absolute atomic E-state index is 0.0418. The molecule has 0 aliphatic rings. The van der Waals surface area contributed by atoms with Crippen LogP contribution in [-0.4, -0.2) is 45.2 Å². The van der Waals surface area contributed by atoms with Crippen molar-refractivity contribution in [3.8, 4) is 5.75 Å². The SMILES string of the molecule is CCOc1ccc(CN(C)C(=O)CSc2nc(N)nc(N)n2)cc1. The molecule has 1 heterocycles. The second-order valence-corrected chi connectivity index (χ2v) is 5.89. The van der Waals surface area contributed by atoms with Crippen LogP contribution in [0, 0.1) is 0 Å². The summed E-state index contributed by atoms with van der Waals surface area (Å²) in [5, 5.41) is 0.336. The Kier molecular flexibility index (Phi) is 6.19. The van der Waals surface area contributed by atoms with E-state index in [2.05, 4.69) is 15.0 Å². The summed E-state index contributed by atoms with van der Waals surface area (Å²) in [6.45, 7) is 3.07. The Morgan fingerprint density at radius 2 is 1.79 bits per heavy atom. The molecule has 8 nitrogen and oxygen atoms in total. The summed E-state index contributed by atoms with van der Waals surface area (Å²) in [4.78, 5) is 25.4. The molecule has 1 aromatic heterocycles. The van der Waals surface area contributed by atoms with Crippen LogP contribution >= 0.6 is 11.8 Å². The Morgan fingerprint density at radius 3 is 2.38 bits per heavy atom. The Balaban J connectivity index is 1.87. The highest BCUT2D eigenvalue weighted by Gasteiger charge is 2.12. The van der Waals surface area contributed by atoms with Gasteiger partial charge in [0.2, 0.25) is 17.8 Å². The highest BCUT2D eigenvalue weighted by molar-refractivity contribution is 7.99. The lowest BCUT2D eigenvalue weighted by Gasteiger charge is -2.17. The normalized spacial score (nSPS) is 10.4. The van der Waals surface area contributed by atoms with Crippen LogP contribution in [0.4, 0.5) is 11.9 Å². The second-order valence-electron chi connectivity index (χ2n) is 4.95. The number of nitrogens with zero attached hydrogens (tertiary/aromatic N) is 4. The molecule has 0 aliphatic heterocycles. The standard InChI is InChI=1S/C15H20N6O2S/c1-3-23-11-6-4-10(5-7-11)8-21(2)12(22)9-24-15-19-13(16)18-14(17)20-15/h4-7H,3,8-9H2,1-2H3,(H4,16,17,18,19,20). The number of ether oxygens (including phenoxy) is 1. The number of aromatic nitrogens is 3. The highest BCUT2D eigenvalue weighted by atomic mass is 32.2. The van der Waals surface area contributed by atoms with Crippen molar-refractivity contribution in [2.75, 3.05) is 30.9 Å². The molecule has 4 N–H and O–H groups in total. The molecule has 24 heavy (non-hydrogen) atoms. The van der Waals surface area contributed by atoms with Gasteiger partial charge in [0, 0.05) is 13.6 Å². The van der Waals surface area contributed by atoms with Gasteiger partial charge in [0.15, 0.2) is 5.16 Å². The third kappa shape index (κ3) is 5.27. The van der Waals surface area contributed by atoms with E-state index < -0.39 is 0 Å². The predicted octanol–water partition coefficient (Wildman–Crippen LogP) is 1.19. The van der Waals surface area contributed by atoms with Gasteiger partial charge in [-0.25, -0.2) is 0 Å². The molecular weight excluding hydrogens is 328 g/mol. The number of amides is 1. The molecule has 0 bridgehead atoms. The molecule has 0 saturated carbocycles. The summed E-state index contributed by atoms with van der Waals surface area (Å²) >= 11 is 1.17. The minimum Gasteiger partial charge on any atom is -0.494 e. The van der Waals surface area contributed by atoms with Crippen LogP contribution in [0.1, 0.15) is 12.5 Å². The first-order chi connectivity index (χ1) is 11.5. The summed E-state index contributed by atoms with van der Waals surface area (Å²) in [6.07, 6.45) is 0. The van der Waals surface area contributed by atoms with Gasteiger partial charge in [0.05, 0.1) is 12.4 Å². The summed E-state index contributed by atoms with van der Waals surface area (Å²) < 4.78 is 5.40. The molecule has 2 rings (SSSR count). The summed E-state index contributed by atoms with van der Waals surface area (Å²) in [6, 6.07) is 7.66. The topological polar surface area (TPSA) is 120 Å². The van der Waals surface area contributed by atoms with E-state index in [0.29, 0.717) is 18.3 Å². The lowest BCUT2D eigenvalue weighted by Crippen LogP contribution is -2.27. The zero-order chi connectivity index (χ0) is 17.5. The first-order valence-electron chi connectivity index (χ1n) is 7.33. The molecule has 0 atom stereocenters. The molecule has 0 spiro atoms. The average Bonchev–Trinajstić information content (AvgIpc) is 2.54. The Hall–Kier alpha value is -2.55. The number of rotatable bonds is 7. The quantitative estimate of drug-likeness (QED) is 0.716. The van der Waals surface area contributed by atoms with E-state index in [1.807, 2.05) is 31.2 Å². The van der Waals surface area contributed by atoms with E-state index >= 15 is 0 Å². The third-order valence-corrected chi connectivity index (χ3v) is 3.89. The van der Waals surface area contributed by atoms with Crippen molar-refractivity contribution in [3.63, 3.8) is 0 Å². The van der Waals surface area contributed by atoms with Gasteiger partial charge in [-0.3, -0.25) is 4.79 Å². The Morgan fingerprint density at radius 1 is 1.17 bits per heavy atom. The van der Waals surface area contributed by atoms with Gasteiger partial charge in [-0.2, -0.15) is 15.0 Å². The minimum atomic E-state index is -0.0496. The molecule has 1 aromatic carbocycles. The third-order valence-electron chi connectivity index (χ3n) is 3.05. The molecule has 128 valence electrons. The second kappa shape index (κ2) is 8.34. The van der Waals surface area contributed by atoms with E-state index in [0.717, 1.165) is 11.3 Å².